The normalized spacial score (nSPS) is 14.2. The number of hydrogen-bond acceptors (Lipinski definition) is 15. The summed E-state index contributed by atoms with van der Waals surface area (Å²) in [5.41, 5.74) is 0. The van der Waals surface area contributed by atoms with Crippen LogP contribution in [-0.2, 0) is 65.4 Å². The van der Waals surface area contributed by atoms with Gasteiger partial charge in [-0.15, -0.1) is 0 Å². The van der Waals surface area contributed by atoms with Crippen molar-refractivity contribution in [1.82, 2.24) is 0 Å². The van der Waals surface area contributed by atoms with Gasteiger partial charge in [0.25, 0.3) is 0 Å². The molecular weight excluding hydrogens is 1080 g/mol. The second-order valence-electron chi connectivity index (χ2n) is 22.4. The van der Waals surface area contributed by atoms with Crippen LogP contribution in [0, 0.1) is 0 Å². The zero-order valence-corrected chi connectivity index (χ0v) is 53.5. The third-order valence-corrected chi connectivity index (χ3v) is 16.3. The number of phosphoric acid groups is 2. The van der Waals surface area contributed by atoms with Crippen molar-refractivity contribution in [2.45, 2.75) is 335 Å². The van der Waals surface area contributed by atoms with E-state index in [1.165, 1.54) is 141 Å². The summed E-state index contributed by atoms with van der Waals surface area (Å²) in [4.78, 5) is 72.0. The highest BCUT2D eigenvalue weighted by atomic mass is 31.2. The molecule has 0 aliphatic rings. The standard InChI is InChI=1S/C62H120O17P2/c1-5-9-13-17-21-25-28-30-33-37-41-45-49-62(67)79-58(53-73-60(65)47-43-39-35-31-27-23-19-15-11-7-3)55-77-81(70,71)75-51-56(63)50-74-80(68,69)76-54-57(52-72-59(64)46-42-38-34-24-20-16-12-8-4)78-61(66)48-44-40-36-32-29-26-22-18-14-10-6-2/h56-58,63H,5-55H2,1-4H3,(H,68,69)(H,70,71)/t56-,57-,58-/m1/s1. The maximum absolute atomic E-state index is 12.9. The van der Waals surface area contributed by atoms with Gasteiger partial charge in [0, 0.05) is 25.7 Å². The molecular formula is C62H120O17P2. The summed E-state index contributed by atoms with van der Waals surface area (Å²) >= 11 is 0. The van der Waals surface area contributed by atoms with E-state index in [0.717, 1.165) is 96.3 Å². The first kappa shape index (κ1) is 79.1. The largest absolute Gasteiger partial charge is 0.472 e. The van der Waals surface area contributed by atoms with Gasteiger partial charge in [-0.3, -0.25) is 37.3 Å². The van der Waals surface area contributed by atoms with Gasteiger partial charge in [0.05, 0.1) is 26.4 Å². The molecule has 0 spiro atoms. The molecule has 17 nitrogen and oxygen atoms in total. The highest BCUT2D eigenvalue weighted by molar-refractivity contribution is 7.47. The molecule has 2 unspecified atom stereocenters. The van der Waals surface area contributed by atoms with Gasteiger partial charge in [-0.25, -0.2) is 9.13 Å². The van der Waals surface area contributed by atoms with E-state index in [1.54, 1.807) is 0 Å². The second kappa shape index (κ2) is 57.2. The number of carbonyl (C=O) groups is 4. The number of rotatable bonds is 63. The van der Waals surface area contributed by atoms with Crippen LogP contribution in [0.25, 0.3) is 0 Å². The molecule has 0 saturated carbocycles. The van der Waals surface area contributed by atoms with Gasteiger partial charge in [0.1, 0.15) is 19.3 Å². The summed E-state index contributed by atoms with van der Waals surface area (Å²) < 4.78 is 67.8. The van der Waals surface area contributed by atoms with Crippen LogP contribution in [0.2, 0.25) is 0 Å². The smallest absolute Gasteiger partial charge is 0.462 e. The SMILES string of the molecule is CCCCCCCCCCCCCCC(=O)O[C@H](COC(=O)CCCCCCCCCCCC)COP(=O)(O)OC[C@H](O)COP(=O)(O)OC[C@@H](COC(=O)CCCCCCCCCC)OC(=O)CCCCCCCCCCCCC. The van der Waals surface area contributed by atoms with Gasteiger partial charge in [0.15, 0.2) is 12.2 Å². The summed E-state index contributed by atoms with van der Waals surface area (Å²) in [5, 5.41) is 10.5. The summed E-state index contributed by atoms with van der Waals surface area (Å²) in [6.07, 6.45) is 41.6. The van der Waals surface area contributed by atoms with Crippen molar-refractivity contribution in [3.05, 3.63) is 0 Å². The number of unbranched alkanes of at least 4 members (excludes halogenated alkanes) is 37. The van der Waals surface area contributed by atoms with Crippen molar-refractivity contribution in [3.63, 3.8) is 0 Å². The summed E-state index contributed by atoms with van der Waals surface area (Å²) in [6.45, 7) is 4.85. The van der Waals surface area contributed by atoms with Crippen LogP contribution in [-0.4, -0.2) is 96.7 Å². The number of carbonyl (C=O) groups excluding carboxylic acids is 4. The van der Waals surface area contributed by atoms with E-state index in [9.17, 15) is 43.2 Å². The highest BCUT2D eigenvalue weighted by Gasteiger charge is 2.30. The molecule has 81 heavy (non-hydrogen) atoms. The van der Waals surface area contributed by atoms with Crippen LogP contribution in [0.15, 0.2) is 0 Å². The molecule has 5 atom stereocenters. The van der Waals surface area contributed by atoms with Gasteiger partial charge in [-0.1, -0.05) is 265 Å². The Hall–Kier alpha value is -1.94. The predicted octanol–water partition coefficient (Wildman–Crippen LogP) is 17.2. The fourth-order valence-electron chi connectivity index (χ4n) is 9.28. The number of esters is 4. The molecule has 0 radical (unpaired) electrons. The molecule has 0 aromatic rings. The Morgan fingerprint density at radius 2 is 0.494 bits per heavy atom. The molecule has 0 fully saturated rings. The zero-order chi connectivity index (χ0) is 59.8. The maximum atomic E-state index is 12.9. The van der Waals surface area contributed by atoms with Crippen molar-refractivity contribution >= 4 is 39.5 Å². The Balaban J connectivity index is 5.22. The van der Waals surface area contributed by atoms with E-state index in [4.69, 9.17) is 37.0 Å². The Labute approximate surface area is 492 Å². The zero-order valence-electron chi connectivity index (χ0n) is 51.7. The number of aliphatic hydroxyl groups is 1. The van der Waals surface area contributed by atoms with E-state index >= 15 is 0 Å². The van der Waals surface area contributed by atoms with Crippen LogP contribution < -0.4 is 0 Å². The molecule has 0 aliphatic carbocycles. The van der Waals surface area contributed by atoms with Crippen molar-refractivity contribution in [2.75, 3.05) is 39.6 Å². The van der Waals surface area contributed by atoms with E-state index in [-0.39, 0.29) is 25.7 Å². The Kier molecular flexibility index (Phi) is 55.8. The lowest BCUT2D eigenvalue weighted by Gasteiger charge is -2.21. The molecule has 480 valence electrons. The van der Waals surface area contributed by atoms with Crippen molar-refractivity contribution in [3.8, 4) is 0 Å². The molecule has 0 saturated heterocycles. The summed E-state index contributed by atoms with van der Waals surface area (Å²) in [7, 11) is -9.88. The van der Waals surface area contributed by atoms with Gasteiger partial charge in [-0.2, -0.15) is 0 Å². The molecule has 0 aromatic carbocycles. The fourth-order valence-corrected chi connectivity index (χ4v) is 10.9. The molecule has 0 aliphatic heterocycles. The van der Waals surface area contributed by atoms with Crippen molar-refractivity contribution in [2.24, 2.45) is 0 Å². The summed E-state index contributed by atoms with van der Waals surface area (Å²) in [5.74, 6) is -2.13. The first-order valence-electron chi connectivity index (χ1n) is 32.8. The lowest BCUT2D eigenvalue weighted by molar-refractivity contribution is -0.161. The van der Waals surface area contributed by atoms with E-state index < -0.39 is 97.5 Å². The monoisotopic (exact) mass is 1200 g/mol. The third-order valence-electron chi connectivity index (χ3n) is 14.4. The van der Waals surface area contributed by atoms with Crippen LogP contribution in [0.5, 0.6) is 0 Å². The molecule has 0 rings (SSSR count). The lowest BCUT2D eigenvalue weighted by atomic mass is 10.0. The third kappa shape index (κ3) is 56.9. The number of aliphatic hydroxyl groups excluding tert-OH is 1. The quantitative estimate of drug-likeness (QED) is 0.0222. The second-order valence-corrected chi connectivity index (χ2v) is 25.4. The number of hydrogen-bond donors (Lipinski definition) is 3. The predicted molar refractivity (Wildman–Crippen MR) is 322 cm³/mol. The fraction of sp³-hybridized carbons (Fsp3) is 0.935. The average molecular weight is 1200 g/mol. The average Bonchev–Trinajstić information content (AvgIpc) is 3.45. The Morgan fingerprint density at radius 1 is 0.296 bits per heavy atom. The minimum atomic E-state index is -4.94. The van der Waals surface area contributed by atoms with E-state index in [0.29, 0.717) is 25.7 Å². The van der Waals surface area contributed by atoms with Gasteiger partial charge in [0.2, 0.25) is 0 Å². The Morgan fingerprint density at radius 3 is 0.728 bits per heavy atom. The molecule has 0 heterocycles. The van der Waals surface area contributed by atoms with Crippen molar-refractivity contribution in [1.29, 1.82) is 0 Å². The molecule has 0 bridgehead atoms. The maximum Gasteiger partial charge on any atom is 0.472 e. The van der Waals surface area contributed by atoms with Crippen molar-refractivity contribution < 1.29 is 80.2 Å². The van der Waals surface area contributed by atoms with Gasteiger partial charge < -0.3 is 33.8 Å². The Bertz CT molecular complexity index is 1570. The van der Waals surface area contributed by atoms with Crippen LogP contribution >= 0.6 is 15.6 Å². The first-order valence-corrected chi connectivity index (χ1v) is 35.8. The van der Waals surface area contributed by atoms with E-state index in [1.807, 2.05) is 0 Å². The lowest BCUT2D eigenvalue weighted by Crippen LogP contribution is -2.30. The number of phosphoric ester groups is 2. The molecule has 3 N–H and O–H groups in total. The van der Waals surface area contributed by atoms with Crippen LogP contribution in [0.3, 0.4) is 0 Å². The number of ether oxygens (including phenoxy) is 4. The molecule has 19 heteroatoms. The first-order chi connectivity index (χ1) is 39.2. The minimum absolute atomic E-state index is 0.107. The van der Waals surface area contributed by atoms with Crippen LogP contribution in [0.1, 0.15) is 317 Å². The van der Waals surface area contributed by atoms with Gasteiger partial charge in [-0.05, 0) is 25.7 Å². The van der Waals surface area contributed by atoms with Crippen LogP contribution in [0.4, 0.5) is 0 Å². The minimum Gasteiger partial charge on any atom is -0.462 e. The topological polar surface area (TPSA) is 237 Å². The highest BCUT2D eigenvalue weighted by Crippen LogP contribution is 2.45. The summed E-state index contributed by atoms with van der Waals surface area (Å²) in [6, 6.07) is 0. The molecule has 0 amide bonds. The van der Waals surface area contributed by atoms with E-state index in [2.05, 4.69) is 27.7 Å². The van der Waals surface area contributed by atoms with Gasteiger partial charge >= 0.3 is 39.5 Å². The molecule has 0 aromatic heterocycles.